The van der Waals surface area contributed by atoms with Gasteiger partial charge in [-0.3, -0.25) is 9.59 Å². The Morgan fingerprint density at radius 3 is 1.52 bits per heavy atom. The first-order chi connectivity index (χ1) is 13.6. The number of rotatable bonds is 4. The van der Waals surface area contributed by atoms with E-state index in [2.05, 4.69) is 63.7 Å². The van der Waals surface area contributed by atoms with Gasteiger partial charge in [-0.2, -0.15) is 0 Å². The number of ether oxygens (including phenoxy) is 2. The van der Waals surface area contributed by atoms with Crippen LogP contribution in [-0.2, 0) is 0 Å². The maximum atomic E-state index is 12.4. The number of hydrogen-bond acceptors (Lipinski definition) is 4. The summed E-state index contributed by atoms with van der Waals surface area (Å²) in [5.74, 6) is 1.03. The first-order valence-corrected chi connectivity index (χ1v) is 12.4. The third-order valence-corrected chi connectivity index (χ3v) is 6.12. The summed E-state index contributed by atoms with van der Waals surface area (Å²) in [5, 5.41) is 0. The molecule has 8 heteroatoms. The molecule has 0 saturated heterocycles. The van der Waals surface area contributed by atoms with Crippen molar-refractivity contribution in [2.45, 2.75) is 21.3 Å². The Labute approximate surface area is 203 Å². The number of Topliss-reactive ketones (excluding diaryl/α,β-unsaturated/α-hetero) is 2. The molecule has 29 heavy (non-hydrogen) atoms. The fourth-order valence-electron chi connectivity index (χ4n) is 2.87. The topological polar surface area (TPSA) is 52.6 Å². The quantitative estimate of drug-likeness (QED) is 0.271. The lowest BCUT2D eigenvalue weighted by Gasteiger charge is -2.24. The molecule has 0 aromatic heterocycles. The number of carbonyl (C=O) groups is 2. The number of halogens is 4. The molecule has 2 aromatic carbocycles. The van der Waals surface area contributed by atoms with Crippen LogP contribution in [0.1, 0.15) is 34.6 Å². The molecule has 0 amide bonds. The summed E-state index contributed by atoms with van der Waals surface area (Å²) in [4.78, 5) is 24.8. The van der Waals surface area contributed by atoms with Crippen molar-refractivity contribution in [3.63, 3.8) is 0 Å². The van der Waals surface area contributed by atoms with Crippen molar-refractivity contribution in [1.29, 1.82) is 0 Å². The van der Waals surface area contributed by atoms with Crippen LogP contribution in [0, 0.1) is 5.41 Å². The number of fused-ring (bicyclic) bond motifs is 3. The number of ketones is 2. The summed E-state index contributed by atoms with van der Waals surface area (Å²) in [5.41, 5.74) is 2.43. The Bertz CT molecular complexity index is 878. The molecule has 0 radical (unpaired) electrons. The second-order valence-electron chi connectivity index (χ2n) is 7.49. The van der Waals surface area contributed by atoms with Crippen LogP contribution in [0.15, 0.2) is 36.4 Å². The highest BCUT2D eigenvalue weighted by atomic mass is 79.9. The molecule has 0 aliphatic carbocycles. The van der Waals surface area contributed by atoms with E-state index in [-0.39, 0.29) is 17.0 Å². The smallest absolute Gasteiger partial charge is 0.187 e. The first kappa shape index (κ1) is 23.0. The van der Waals surface area contributed by atoms with Crippen LogP contribution >= 0.6 is 63.7 Å². The van der Waals surface area contributed by atoms with Gasteiger partial charge >= 0.3 is 0 Å². The van der Waals surface area contributed by atoms with Gasteiger partial charge in [-0.15, -0.1) is 0 Å². The highest BCUT2D eigenvalue weighted by molar-refractivity contribution is 9.25. The maximum Gasteiger partial charge on any atom is 0.187 e. The van der Waals surface area contributed by atoms with Crippen molar-refractivity contribution >= 4 is 75.3 Å². The van der Waals surface area contributed by atoms with E-state index in [9.17, 15) is 9.59 Å². The predicted octanol–water partition coefficient (Wildman–Crippen LogP) is 6.75. The Morgan fingerprint density at radius 1 is 0.793 bits per heavy atom. The molecule has 3 rings (SSSR count). The summed E-state index contributed by atoms with van der Waals surface area (Å²) in [7, 11) is 0. The molecule has 154 valence electrons. The number of carbonyl (C=O) groups excluding carboxylic acids is 2. The van der Waals surface area contributed by atoms with E-state index in [0.717, 1.165) is 11.1 Å². The van der Waals surface area contributed by atoms with Crippen LogP contribution in [0.5, 0.6) is 11.5 Å². The van der Waals surface area contributed by atoms with Crippen LogP contribution in [0.25, 0.3) is 11.1 Å². The molecule has 2 aromatic rings. The first-order valence-electron chi connectivity index (χ1n) is 8.78. The van der Waals surface area contributed by atoms with Gasteiger partial charge in [0, 0.05) is 27.7 Å². The summed E-state index contributed by atoms with van der Waals surface area (Å²) >= 11 is 13.0. The van der Waals surface area contributed by atoms with Gasteiger partial charge in [0.05, 0.1) is 13.2 Å². The monoisotopic (exact) mass is 650 g/mol. The number of hydrogen-bond donors (Lipinski definition) is 0. The predicted molar refractivity (Wildman–Crippen MR) is 129 cm³/mol. The molecule has 0 N–H and O–H groups in total. The molecule has 1 aliphatic rings. The molecule has 0 bridgehead atoms. The van der Waals surface area contributed by atoms with Crippen molar-refractivity contribution in [1.82, 2.24) is 0 Å². The van der Waals surface area contributed by atoms with Gasteiger partial charge in [0.1, 0.15) is 19.0 Å². The minimum Gasteiger partial charge on any atom is -0.492 e. The van der Waals surface area contributed by atoms with E-state index in [1.165, 1.54) is 0 Å². The second-order valence-corrected chi connectivity index (χ2v) is 13.6. The molecular weight excluding hydrogens is 636 g/mol. The van der Waals surface area contributed by atoms with Crippen LogP contribution in [-0.4, -0.2) is 32.3 Å². The minimum absolute atomic E-state index is 0.0892. The van der Waals surface area contributed by atoms with Crippen molar-refractivity contribution < 1.29 is 19.1 Å². The van der Waals surface area contributed by atoms with Crippen LogP contribution < -0.4 is 9.47 Å². The molecule has 0 atom stereocenters. The third kappa shape index (κ3) is 5.32. The zero-order valence-corrected chi connectivity index (χ0v) is 22.0. The van der Waals surface area contributed by atoms with Crippen molar-refractivity contribution in [2.75, 3.05) is 13.2 Å². The molecule has 4 nitrogen and oxygen atoms in total. The van der Waals surface area contributed by atoms with Gasteiger partial charge < -0.3 is 9.47 Å². The largest absolute Gasteiger partial charge is 0.492 e. The molecule has 0 fully saturated rings. The summed E-state index contributed by atoms with van der Waals surface area (Å²) in [6, 6.07) is 10.7. The fraction of sp³-hybridized carbons (Fsp3) is 0.333. The molecule has 1 aliphatic heterocycles. The lowest BCUT2D eigenvalue weighted by molar-refractivity contribution is 0.100. The number of alkyl halides is 4. The highest BCUT2D eigenvalue weighted by Gasteiger charge is 2.27. The van der Waals surface area contributed by atoms with Crippen molar-refractivity contribution in [2.24, 2.45) is 5.41 Å². The SMILES string of the molecule is CC1(C)COc2cc(C(=O)C(Br)Br)ccc2-c2ccc(C(=O)C(Br)Br)cc2OC1. The highest BCUT2D eigenvalue weighted by Crippen LogP contribution is 2.41. The maximum absolute atomic E-state index is 12.4. The molecule has 0 saturated carbocycles. The Kier molecular flexibility index (Phi) is 7.29. The average Bonchev–Trinajstić information content (AvgIpc) is 2.73. The summed E-state index contributed by atoms with van der Waals surface area (Å²) in [6.45, 7) is 4.94. The van der Waals surface area contributed by atoms with E-state index >= 15 is 0 Å². The lowest BCUT2D eigenvalue weighted by atomic mass is 9.96. The van der Waals surface area contributed by atoms with E-state index in [4.69, 9.17) is 9.47 Å². The number of benzene rings is 2. The standard InChI is InChI=1S/C21H18Br4O4/c1-21(2)9-28-15-7-11(17(26)19(22)23)3-5-13(15)14-6-4-12(18(27)20(24)25)8-16(14)29-10-21/h3-8,19-20H,9-10H2,1-2H3. The molecule has 1 heterocycles. The van der Waals surface area contributed by atoms with Crippen LogP contribution in [0.4, 0.5) is 0 Å². The van der Waals surface area contributed by atoms with Gasteiger partial charge in [0.2, 0.25) is 0 Å². The second kappa shape index (κ2) is 9.20. The summed E-state index contributed by atoms with van der Waals surface area (Å²) in [6.07, 6.45) is 0. The average molecular weight is 654 g/mol. The van der Waals surface area contributed by atoms with Gasteiger partial charge in [0.15, 0.2) is 11.6 Å². The Hall–Kier alpha value is -0.700. The lowest BCUT2D eigenvalue weighted by Crippen LogP contribution is -2.28. The zero-order chi connectivity index (χ0) is 21.3. The molecule has 0 spiro atoms. The van der Waals surface area contributed by atoms with Crippen molar-refractivity contribution in [3.05, 3.63) is 47.5 Å². The van der Waals surface area contributed by atoms with Gasteiger partial charge in [-0.1, -0.05) is 89.7 Å². The van der Waals surface area contributed by atoms with Gasteiger partial charge in [0.25, 0.3) is 0 Å². The summed E-state index contributed by atoms with van der Waals surface area (Å²) < 4.78 is 11.3. The van der Waals surface area contributed by atoms with Crippen molar-refractivity contribution in [3.8, 4) is 22.6 Å². The normalized spacial score (nSPS) is 15.3. The van der Waals surface area contributed by atoms with E-state index in [1.807, 2.05) is 26.0 Å². The fourth-order valence-corrected chi connectivity index (χ4v) is 3.93. The van der Waals surface area contributed by atoms with Gasteiger partial charge in [-0.25, -0.2) is 0 Å². The third-order valence-electron chi connectivity index (χ3n) is 4.46. The van der Waals surface area contributed by atoms with Gasteiger partial charge in [-0.05, 0) is 24.3 Å². The Morgan fingerprint density at radius 2 is 1.17 bits per heavy atom. The van der Waals surface area contributed by atoms with Crippen LogP contribution in [0.2, 0.25) is 0 Å². The van der Waals surface area contributed by atoms with E-state index in [0.29, 0.717) is 35.8 Å². The van der Waals surface area contributed by atoms with Crippen LogP contribution in [0.3, 0.4) is 0 Å². The Balaban J connectivity index is 2.15. The minimum atomic E-state index is -0.466. The molecular formula is C21H18Br4O4. The zero-order valence-electron chi connectivity index (χ0n) is 15.7. The molecule has 0 unspecified atom stereocenters. The van der Waals surface area contributed by atoms with E-state index in [1.54, 1.807) is 24.3 Å². The van der Waals surface area contributed by atoms with E-state index < -0.39 is 7.47 Å².